The minimum Gasteiger partial charge on any atom is -0.461 e. The molecule has 0 spiro atoms. The summed E-state index contributed by atoms with van der Waals surface area (Å²) in [5.41, 5.74) is -0.302. The fourth-order valence-corrected chi connectivity index (χ4v) is 2.74. The average Bonchev–Trinajstić information content (AvgIpc) is 2.74. The van der Waals surface area contributed by atoms with E-state index in [2.05, 4.69) is 20.9 Å². The first kappa shape index (κ1) is 16.8. The summed E-state index contributed by atoms with van der Waals surface area (Å²) >= 11 is 3.38. The van der Waals surface area contributed by atoms with Crippen molar-refractivity contribution in [1.29, 1.82) is 0 Å². The van der Waals surface area contributed by atoms with Crippen LogP contribution in [-0.2, 0) is 22.6 Å². The first-order chi connectivity index (χ1) is 10.2. The highest BCUT2D eigenvalue weighted by atomic mass is 79.9. The highest BCUT2D eigenvalue weighted by molar-refractivity contribution is 9.10. The van der Waals surface area contributed by atoms with Gasteiger partial charge in [0.15, 0.2) is 5.69 Å². The van der Waals surface area contributed by atoms with Crippen molar-refractivity contribution >= 4 is 28.0 Å². The number of carbonyl (C=O) groups excluding carboxylic acids is 2. The van der Waals surface area contributed by atoms with Crippen LogP contribution in [0.25, 0.3) is 0 Å². The Balaban J connectivity index is 2.16. The minimum absolute atomic E-state index is 0.239. The van der Waals surface area contributed by atoms with E-state index in [0.717, 1.165) is 0 Å². The third-order valence-corrected chi connectivity index (χ3v) is 3.83. The van der Waals surface area contributed by atoms with Crippen LogP contribution in [-0.4, -0.2) is 45.3 Å². The number of hydrogen-bond donors (Lipinski definition) is 0. The molecular formula is C14H20BrN3O4. The number of nitrogens with zero attached hydrogens (tertiary/aromatic N) is 3. The zero-order valence-corrected chi connectivity index (χ0v) is 14.8. The van der Waals surface area contributed by atoms with E-state index in [-0.39, 0.29) is 18.4 Å². The normalized spacial score (nSPS) is 14.5. The van der Waals surface area contributed by atoms with E-state index in [1.54, 1.807) is 11.8 Å². The van der Waals surface area contributed by atoms with Gasteiger partial charge in [-0.05, 0) is 43.6 Å². The monoisotopic (exact) mass is 373 g/mol. The van der Waals surface area contributed by atoms with Gasteiger partial charge in [0.2, 0.25) is 0 Å². The van der Waals surface area contributed by atoms with Crippen LogP contribution in [0.1, 0.15) is 44.0 Å². The van der Waals surface area contributed by atoms with Crippen LogP contribution in [0.3, 0.4) is 0 Å². The summed E-state index contributed by atoms with van der Waals surface area (Å²) < 4.78 is 12.8. The van der Waals surface area contributed by atoms with Crippen molar-refractivity contribution in [3.63, 3.8) is 0 Å². The zero-order chi connectivity index (χ0) is 16.5. The number of carbonyl (C=O) groups is 2. The lowest BCUT2D eigenvalue weighted by molar-refractivity contribution is 0.0194. The van der Waals surface area contributed by atoms with Gasteiger partial charge in [0.05, 0.1) is 13.2 Å². The average molecular weight is 374 g/mol. The van der Waals surface area contributed by atoms with Crippen LogP contribution in [0.4, 0.5) is 4.79 Å². The molecule has 0 saturated carbocycles. The summed E-state index contributed by atoms with van der Waals surface area (Å²) in [6.07, 6.45) is -0.379. The maximum absolute atomic E-state index is 12.1. The highest BCUT2D eigenvalue weighted by Gasteiger charge is 2.30. The maximum atomic E-state index is 12.1. The smallest absolute Gasteiger partial charge is 0.410 e. The van der Waals surface area contributed by atoms with Crippen LogP contribution < -0.4 is 0 Å². The van der Waals surface area contributed by atoms with E-state index in [4.69, 9.17) is 9.47 Å². The van der Waals surface area contributed by atoms with Crippen LogP contribution in [0.2, 0.25) is 0 Å². The fraction of sp³-hybridized carbons (Fsp3) is 0.643. The molecule has 1 aromatic heterocycles. The number of fused-ring (bicyclic) bond motifs is 1. The lowest BCUT2D eigenvalue weighted by atomic mass is 10.2. The Kier molecular flexibility index (Phi) is 4.79. The molecule has 0 N–H and O–H groups in total. The summed E-state index contributed by atoms with van der Waals surface area (Å²) in [6, 6.07) is 0. The molecule has 0 aliphatic carbocycles. The van der Waals surface area contributed by atoms with Crippen molar-refractivity contribution < 1.29 is 19.1 Å². The van der Waals surface area contributed by atoms with E-state index in [9.17, 15) is 9.59 Å². The van der Waals surface area contributed by atoms with Gasteiger partial charge in [-0.1, -0.05) is 0 Å². The summed E-state index contributed by atoms with van der Waals surface area (Å²) in [5, 5.41) is 0. The molecule has 0 aromatic carbocycles. The highest BCUT2D eigenvalue weighted by Crippen LogP contribution is 2.24. The summed E-state index contributed by atoms with van der Waals surface area (Å²) in [4.78, 5) is 29.8. The molecule has 22 heavy (non-hydrogen) atoms. The minimum atomic E-state index is -0.541. The van der Waals surface area contributed by atoms with Crippen LogP contribution in [0.15, 0.2) is 4.60 Å². The van der Waals surface area contributed by atoms with Crippen LogP contribution in [0.5, 0.6) is 0 Å². The Morgan fingerprint density at radius 3 is 2.59 bits per heavy atom. The lowest BCUT2D eigenvalue weighted by Crippen LogP contribution is -2.41. The van der Waals surface area contributed by atoms with E-state index < -0.39 is 11.6 Å². The zero-order valence-electron chi connectivity index (χ0n) is 13.2. The Morgan fingerprint density at radius 2 is 2.00 bits per heavy atom. The van der Waals surface area contributed by atoms with Crippen LogP contribution >= 0.6 is 15.9 Å². The third kappa shape index (κ3) is 3.60. The summed E-state index contributed by atoms with van der Waals surface area (Å²) in [5.74, 6) is 0.159. The van der Waals surface area contributed by atoms with Gasteiger partial charge in [0.1, 0.15) is 16.0 Å². The number of hydrogen-bond acceptors (Lipinski definition) is 5. The number of ether oxygens (including phenoxy) is 2. The third-order valence-electron chi connectivity index (χ3n) is 3.03. The Morgan fingerprint density at radius 1 is 1.32 bits per heavy atom. The first-order valence-electron chi connectivity index (χ1n) is 7.13. The standard InChI is InChI=1S/C14H20BrN3O4/c1-5-21-12(19)10-11(15)18-7-6-17(8-9(18)16-10)13(20)22-14(2,3)4/h5-8H2,1-4H3. The molecule has 2 heterocycles. The van der Waals surface area contributed by atoms with Gasteiger partial charge in [-0.15, -0.1) is 0 Å². The van der Waals surface area contributed by atoms with Gasteiger partial charge in [-0.2, -0.15) is 0 Å². The predicted molar refractivity (Wildman–Crippen MR) is 82.5 cm³/mol. The van der Waals surface area contributed by atoms with Crippen molar-refractivity contribution in [2.45, 2.75) is 46.4 Å². The molecule has 0 fully saturated rings. The molecule has 1 aliphatic heterocycles. The second kappa shape index (κ2) is 6.28. The Bertz CT molecular complexity index is 592. The van der Waals surface area contributed by atoms with Crippen molar-refractivity contribution in [3.05, 3.63) is 16.1 Å². The van der Waals surface area contributed by atoms with E-state index >= 15 is 0 Å². The van der Waals surface area contributed by atoms with Gasteiger partial charge in [0.25, 0.3) is 0 Å². The second-order valence-corrected chi connectivity index (χ2v) is 6.69. The first-order valence-corrected chi connectivity index (χ1v) is 7.92. The molecule has 0 bridgehead atoms. The Hall–Kier alpha value is -1.57. The number of esters is 1. The van der Waals surface area contributed by atoms with Gasteiger partial charge >= 0.3 is 12.1 Å². The molecule has 1 aromatic rings. The van der Waals surface area contributed by atoms with Crippen molar-refractivity contribution in [2.75, 3.05) is 13.2 Å². The SMILES string of the molecule is CCOC(=O)c1nc2n(c1Br)CCN(C(=O)OC(C)(C)C)C2. The van der Waals surface area contributed by atoms with E-state index in [0.29, 0.717) is 30.1 Å². The molecule has 122 valence electrons. The number of imidazole rings is 1. The molecule has 2 rings (SSSR count). The van der Waals surface area contributed by atoms with Crippen molar-refractivity contribution in [3.8, 4) is 0 Å². The molecule has 0 radical (unpaired) electrons. The molecular weight excluding hydrogens is 354 g/mol. The maximum Gasteiger partial charge on any atom is 0.410 e. The largest absolute Gasteiger partial charge is 0.461 e. The molecule has 0 atom stereocenters. The van der Waals surface area contributed by atoms with E-state index in [1.165, 1.54) is 0 Å². The van der Waals surface area contributed by atoms with E-state index in [1.807, 2.05) is 25.3 Å². The summed E-state index contributed by atoms with van der Waals surface area (Å²) in [6.45, 7) is 8.85. The molecule has 7 nitrogen and oxygen atoms in total. The van der Waals surface area contributed by atoms with Gasteiger partial charge in [-0.3, -0.25) is 4.90 Å². The summed E-state index contributed by atoms with van der Waals surface area (Å²) in [7, 11) is 0. The Labute approximate surface area is 137 Å². The molecule has 1 amide bonds. The van der Waals surface area contributed by atoms with Crippen LogP contribution in [0, 0.1) is 0 Å². The van der Waals surface area contributed by atoms with Gasteiger partial charge < -0.3 is 14.0 Å². The predicted octanol–water partition coefficient (Wildman–Crippen LogP) is 2.57. The van der Waals surface area contributed by atoms with Gasteiger partial charge in [0, 0.05) is 13.1 Å². The van der Waals surface area contributed by atoms with Crippen molar-refractivity contribution in [1.82, 2.24) is 14.5 Å². The van der Waals surface area contributed by atoms with Gasteiger partial charge in [-0.25, -0.2) is 14.6 Å². The number of aromatic nitrogens is 2. The molecule has 8 heteroatoms. The fourth-order valence-electron chi connectivity index (χ4n) is 2.11. The molecule has 0 unspecified atom stereocenters. The number of amides is 1. The lowest BCUT2D eigenvalue weighted by Gasteiger charge is -2.30. The topological polar surface area (TPSA) is 73.7 Å². The molecule has 1 aliphatic rings. The second-order valence-electron chi connectivity index (χ2n) is 5.94. The molecule has 0 saturated heterocycles. The quantitative estimate of drug-likeness (QED) is 0.744. The number of rotatable bonds is 2. The van der Waals surface area contributed by atoms with Crippen molar-refractivity contribution in [2.24, 2.45) is 0 Å². The number of halogens is 1.